The van der Waals surface area contributed by atoms with Gasteiger partial charge in [0.25, 0.3) is 0 Å². The number of halogens is 7. The summed E-state index contributed by atoms with van der Waals surface area (Å²) in [5.74, 6) is -0.277. The summed E-state index contributed by atoms with van der Waals surface area (Å²) in [4.78, 5) is -3.65. The van der Waals surface area contributed by atoms with E-state index in [0.29, 0.717) is 6.42 Å². The zero-order chi connectivity index (χ0) is 12.9. The van der Waals surface area contributed by atoms with Gasteiger partial charge in [0.2, 0.25) is 0 Å². The van der Waals surface area contributed by atoms with Crippen molar-refractivity contribution in [1.82, 2.24) is 0 Å². The fraction of sp³-hybridized carbons (Fsp3) is 0.600. The van der Waals surface area contributed by atoms with Gasteiger partial charge in [-0.25, -0.2) is 0 Å². The Morgan fingerprint density at radius 3 is 2.18 bits per heavy atom. The molecule has 3 rings (SSSR count). The highest BCUT2D eigenvalue weighted by atomic mass is 35.5. The molecule has 4 atom stereocenters. The average molecular weight is 373 g/mol. The summed E-state index contributed by atoms with van der Waals surface area (Å²) in [6, 6.07) is 0. The van der Waals surface area contributed by atoms with Gasteiger partial charge in [-0.3, -0.25) is 0 Å². The van der Waals surface area contributed by atoms with E-state index in [9.17, 15) is 0 Å². The van der Waals surface area contributed by atoms with Gasteiger partial charge in [0.1, 0.15) is 9.75 Å². The summed E-state index contributed by atoms with van der Waals surface area (Å²) in [6.45, 7) is 0. The van der Waals surface area contributed by atoms with Crippen molar-refractivity contribution in [3.8, 4) is 0 Å². The number of hydrogen-bond acceptors (Lipinski definition) is 0. The van der Waals surface area contributed by atoms with Crippen LogP contribution in [0.25, 0.3) is 0 Å². The van der Waals surface area contributed by atoms with Crippen molar-refractivity contribution in [2.75, 3.05) is 0 Å². The molecule has 17 heavy (non-hydrogen) atoms. The molecule has 0 amide bonds. The van der Waals surface area contributed by atoms with E-state index in [0.717, 1.165) is 0 Å². The summed E-state index contributed by atoms with van der Waals surface area (Å²) < 4.78 is -1.55. The van der Waals surface area contributed by atoms with Crippen LogP contribution >= 0.6 is 81.2 Å². The van der Waals surface area contributed by atoms with Crippen LogP contribution in [0.15, 0.2) is 22.2 Å². The molecule has 0 aromatic heterocycles. The fourth-order valence-electron chi connectivity index (χ4n) is 3.09. The molecule has 0 aliphatic heterocycles. The number of hydrogen-bond donors (Lipinski definition) is 0. The van der Waals surface area contributed by atoms with E-state index in [1.807, 2.05) is 6.08 Å². The second-order valence-electron chi connectivity index (χ2n) is 4.53. The molecule has 4 unspecified atom stereocenters. The monoisotopic (exact) mass is 370 g/mol. The number of fused-ring (bicyclic) bond motifs is 5. The molecule has 3 aliphatic carbocycles. The van der Waals surface area contributed by atoms with Crippen molar-refractivity contribution in [1.29, 1.82) is 0 Å². The zero-order valence-corrected chi connectivity index (χ0v) is 13.4. The lowest BCUT2D eigenvalue weighted by atomic mass is 9.83. The number of allylic oxidation sites excluding steroid dienone is 4. The first-order valence-electron chi connectivity index (χ1n) is 4.84. The third-order valence-corrected chi connectivity index (χ3v) is 9.04. The van der Waals surface area contributed by atoms with Crippen molar-refractivity contribution in [2.45, 2.75) is 25.4 Å². The minimum Gasteiger partial charge on any atom is -0.112 e. The molecule has 0 heterocycles. The molecule has 0 aromatic carbocycles. The van der Waals surface area contributed by atoms with Gasteiger partial charge in [0, 0.05) is 5.92 Å². The van der Waals surface area contributed by atoms with Gasteiger partial charge in [0.15, 0.2) is 4.33 Å². The topological polar surface area (TPSA) is 0 Å². The summed E-state index contributed by atoms with van der Waals surface area (Å²) >= 11 is 44.8. The maximum Gasteiger partial charge on any atom is 0.168 e. The Morgan fingerprint density at radius 2 is 1.59 bits per heavy atom. The van der Waals surface area contributed by atoms with Crippen LogP contribution in [0.3, 0.4) is 0 Å². The normalized spacial score (nSPS) is 54.6. The second-order valence-corrected chi connectivity index (χ2v) is 8.40. The van der Waals surface area contributed by atoms with Gasteiger partial charge < -0.3 is 0 Å². The van der Waals surface area contributed by atoms with Crippen LogP contribution in [0.1, 0.15) is 6.42 Å². The molecular weight excluding hydrogens is 368 g/mol. The lowest BCUT2D eigenvalue weighted by Crippen LogP contribution is -2.49. The molecule has 3 aliphatic rings. The molecular formula is C10H5Cl7. The van der Waals surface area contributed by atoms with Gasteiger partial charge in [-0.2, -0.15) is 0 Å². The summed E-state index contributed by atoms with van der Waals surface area (Å²) in [6.07, 6.45) is 4.28. The first-order chi connectivity index (χ1) is 7.65. The van der Waals surface area contributed by atoms with Crippen molar-refractivity contribution in [3.63, 3.8) is 0 Å². The number of alkyl halides is 5. The second kappa shape index (κ2) is 3.39. The van der Waals surface area contributed by atoms with Crippen LogP contribution in [0.5, 0.6) is 0 Å². The lowest BCUT2D eigenvalue weighted by molar-refractivity contribution is 0.442. The Balaban J connectivity index is 2.39. The van der Waals surface area contributed by atoms with Crippen LogP contribution in [-0.4, -0.2) is 19.0 Å². The summed E-state index contributed by atoms with van der Waals surface area (Å²) in [5, 5.41) is 0.337. The average Bonchev–Trinajstić information content (AvgIpc) is 2.73. The maximum atomic E-state index is 6.59. The van der Waals surface area contributed by atoms with Crippen LogP contribution in [-0.2, 0) is 0 Å². The SMILES string of the molecule is ClC1=C(Cl)C2(Cl)C3(Cl)C=CCC3C1(Cl)C2(Cl)Cl. The highest BCUT2D eigenvalue weighted by molar-refractivity contribution is 6.67. The first-order valence-corrected chi connectivity index (χ1v) is 7.48. The molecule has 1 fully saturated rings. The molecule has 0 spiro atoms. The third-order valence-electron chi connectivity index (χ3n) is 3.95. The van der Waals surface area contributed by atoms with Crippen molar-refractivity contribution >= 4 is 81.2 Å². The molecule has 0 radical (unpaired) electrons. The van der Waals surface area contributed by atoms with E-state index in [-0.39, 0.29) is 16.0 Å². The van der Waals surface area contributed by atoms with Gasteiger partial charge in [-0.05, 0) is 6.42 Å². The molecule has 0 N–H and O–H groups in total. The van der Waals surface area contributed by atoms with Crippen LogP contribution in [0.4, 0.5) is 0 Å². The standard InChI is InChI=1S/C10H5Cl7/c11-5-6(12)9(15)7(13)3-1-2-4(7)8(5,14)10(9,16)17/h1,3-4H,2H2. The van der Waals surface area contributed by atoms with Gasteiger partial charge >= 0.3 is 0 Å². The first kappa shape index (κ1) is 13.5. The summed E-state index contributed by atoms with van der Waals surface area (Å²) in [7, 11) is 0. The molecule has 2 bridgehead atoms. The molecule has 94 valence electrons. The van der Waals surface area contributed by atoms with Crippen molar-refractivity contribution < 1.29 is 0 Å². The molecule has 0 saturated heterocycles. The largest absolute Gasteiger partial charge is 0.168 e. The predicted molar refractivity (Wildman–Crippen MR) is 76.2 cm³/mol. The third kappa shape index (κ3) is 1.04. The van der Waals surface area contributed by atoms with Gasteiger partial charge in [-0.15, -0.1) is 34.8 Å². The molecule has 7 heteroatoms. The van der Waals surface area contributed by atoms with Crippen molar-refractivity contribution in [2.24, 2.45) is 5.92 Å². The predicted octanol–water partition coefficient (Wildman–Crippen LogP) is 5.39. The van der Waals surface area contributed by atoms with Crippen LogP contribution in [0, 0.1) is 5.92 Å². The molecule has 0 nitrogen and oxygen atoms in total. The van der Waals surface area contributed by atoms with E-state index >= 15 is 0 Å². The van der Waals surface area contributed by atoms with Crippen LogP contribution in [0.2, 0.25) is 0 Å². The van der Waals surface area contributed by atoms with E-state index in [2.05, 4.69) is 0 Å². The fourth-order valence-corrected chi connectivity index (χ4v) is 6.96. The van der Waals surface area contributed by atoms with Crippen molar-refractivity contribution in [3.05, 3.63) is 22.2 Å². The van der Waals surface area contributed by atoms with Gasteiger partial charge in [0.05, 0.1) is 14.9 Å². The smallest absolute Gasteiger partial charge is 0.112 e. The van der Waals surface area contributed by atoms with Gasteiger partial charge in [-0.1, -0.05) is 58.6 Å². The Morgan fingerprint density at radius 1 is 1.00 bits per heavy atom. The van der Waals surface area contributed by atoms with E-state index in [4.69, 9.17) is 81.2 Å². The zero-order valence-electron chi connectivity index (χ0n) is 8.08. The van der Waals surface area contributed by atoms with E-state index < -0.39 is 19.0 Å². The Labute approximate surface area is 134 Å². The molecule has 0 aromatic rings. The van der Waals surface area contributed by atoms with E-state index in [1.54, 1.807) is 6.08 Å². The maximum absolute atomic E-state index is 6.59. The Bertz CT molecular complexity index is 481. The Hall–Kier alpha value is 1.51. The summed E-state index contributed by atoms with van der Waals surface area (Å²) in [5.41, 5.74) is 0. The minimum atomic E-state index is -1.55. The van der Waals surface area contributed by atoms with E-state index in [1.165, 1.54) is 0 Å². The highest BCUT2D eigenvalue weighted by Crippen LogP contribution is 2.80. The molecule has 1 saturated carbocycles. The van der Waals surface area contributed by atoms with Crippen LogP contribution < -0.4 is 0 Å². The quantitative estimate of drug-likeness (QED) is 0.395. The lowest BCUT2D eigenvalue weighted by Gasteiger charge is -2.39. The highest BCUT2D eigenvalue weighted by Gasteiger charge is 2.87. The number of rotatable bonds is 0. The minimum absolute atomic E-state index is 0.138. The Kier molecular flexibility index (Phi) is 2.69.